The SMILES string of the molecule is CCn1nc(C)cc1CC(=O)[C@H](N)c1ccccc1. The molecule has 0 amide bonds. The fourth-order valence-electron chi connectivity index (χ4n) is 2.15. The average Bonchev–Trinajstić information content (AvgIpc) is 2.78. The van der Waals surface area contributed by atoms with E-state index in [0.717, 1.165) is 23.5 Å². The highest BCUT2D eigenvalue weighted by atomic mass is 16.1. The highest BCUT2D eigenvalue weighted by Gasteiger charge is 2.18. The molecule has 1 aromatic carbocycles. The third kappa shape index (κ3) is 3.09. The van der Waals surface area contributed by atoms with Gasteiger partial charge in [-0.15, -0.1) is 0 Å². The molecule has 0 fully saturated rings. The summed E-state index contributed by atoms with van der Waals surface area (Å²) in [5.41, 5.74) is 8.71. The lowest BCUT2D eigenvalue weighted by atomic mass is 10.0. The third-order valence-electron chi connectivity index (χ3n) is 3.15. The molecule has 0 bridgehead atoms. The fourth-order valence-corrected chi connectivity index (χ4v) is 2.15. The van der Waals surface area contributed by atoms with Gasteiger partial charge in [0, 0.05) is 12.2 Å². The van der Waals surface area contributed by atoms with Crippen molar-refractivity contribution in [1.82, 2.24) is 9.78 Å². The number of rotatable bonds is 5. The number of nitrogens with two attached hydrogens (primary N) is 1. The second kappa shape index (κ2) is 5.80. The number of carbonyl (C=O) groups excluding carboxylic acids is 1. The van der Waals surface area contributed by atoms with Crippen molar-refractivity contribution in [3.63, 3.8) is 0 Å². The Balaban J connectivity index is 2.13. The van der Waals surface area contributed by atoms with Crippen LogP contribution in [0, 0.1) is 6.92 Å². The van der Waals surface area contributed by atoms with Crippen LogP contribution in [0.1, 0.15) is 29.9 Å². The van der Waals surface area contributed by atoms with E-state index in [2.05, 4.69) is 5.10 Å². The van der Waals surface area contributed by atoms with Gasteiger partial charge in [0.05, 0.1) is 18.2 Å². The molecule has 0 saturated heterocycles. The summed E-state index contributed by atoms with van der Waals surface area (Å²) in [6.45, 7) is 4.70. The second-order valence-electron chi connectivity index (χ2n) is 4.62. The largest absolute Gasteiger partial charge is 0.318 e. The number of ketones is 1. The van der Waals surface area contributed by atoms with Crippen LogP contribution in [-0.4, -0.2) is 15.6 Å². The van der Waals surface area contributed by atoms with Crippen LogP contribution in [0.3, 0.4) is 0 Å². The number of nitrogens with zero attached hydrogens (tertiary/aromatic N) is 2. The minimum Gasteiger partial charge on any atom is -0.318 e. The first-order chi connectivity index (χ1) is 9.11. The third-order valence-corrected chi connectivity index (χ3v) is 3.15. The second-order valence-corrected chi connectivity index (χ2v) is 4.62. The van der Waals surface area contributed by atoms with Gasteiger partial charge in [0.15, 0.2) is 5.78 Å². The van der Waals surface area contributed by atoms with E-state index in [0.29, 0.717) is 6.42 Å². The molecule has 0 aliphatic rings. The maximum atomic E-state index is 12.2. The summed E-state index contributed by atoms with van der Waals surface area (Å²) in [6.07, 6.45) is 0.324. The maximum absolute atomic E-state index is 12.2. The first kappa shape index (κ1) is 13.5. The highest BCUT2D eigenvalue weighted by Crippen LogP contribution is 2.14. The van der Waals surface area contributed by atoms with E-state index in [4.69, 9.17) is 5.73 Å². The number of aromatic nitrogens is 2. The molecule has 0 radical (unpaired) electrons. The van der Waals surface area contributed by atoms with Crippen molar-refractivity contribution in [3.8, 4) is 0 Å². The minimum atomic E-state index is -0.568. The van der Waals surface area contributed by atoms with Gasteiger partial charge in [-0.05, 0) is 25.5 Å². The Kier molecular flexibility index (Phi) is 4.12. The molecule has 4 heteroatoms. The van der Waals surface area contributed by atoms with Gasteiger partial charge >= 0.3 is 0 Å². The molecule has 0 aliphatic heterocycles. The highest BCUT2D eigenvalue weighted by molar-refractivity contribution is 5.86. The predicted molar refractivity (Wildman–Crippen MR) is 74.7 cm³/mol. The van der Waals surface area contributed by atoms with E-state index in [1.54, 1.807) is 0 Å². The Labute approximate surface area is 113 Å². The number of hydrogen-bond acceptors (Lipinski definition) is 3. The van der Waals surface area contributed by atoms with E-state index < -0.39 is 6.04 Å². The summed E-state index contributed by atoms with van der Waals surface area (Å²) >= 11 is 0. The number of hydrogen-bond donors (Lipinski definition) is 1. The van der Waals surface area contributed by atoms with Crippen molar-refractivity contribution >= 4 is 5.78 Å². The summed E-state index contributed by atoms with van der Waals surface area (Å²) in [5.74, 6) is 0.0146. The van der Waals surface area contributed by atoms with E-state index in [1.165, 1.54) is 0 Å². The van der Waals surface area contributed by atoms with Crippen molar-refractivity contribution in [2.75, 3.05) is 0 Å². The summed E-state index contributed by atoms with van der Waals surface area (Å²) in [6, 6.07) is 10.8. The van der Waals surface area contributed by atoms with Crippen LogP contribution in [0.2, 0.25) is 0 Å². The molecule has 0 unspecified atom stereocenters. The van der Waals surface area contributed by atoms with Gasteiger partial charge in [-0.3, -0.25) is 9.48 Å². The lowest BCUT2D eigenvalue weighted by molar-refractivity contribution is -0.119. The van der Waals surface area contributed by atoms with Gasteiger partial charge in [0.2, 0.25) is 0 Å². The van der Waals surface area contributed by atoms with Crippen LogP contribution < -0.4 is 5.73 Å². The summed E-state index contributed by atoms with van der Waals surface area (Å²) < 4.78 is 1.85. The van der Waals surface area contributed by atoms with Crippen molar-refractivity contribution in [2.24, 2.45) is 5.73 Å². The molecular formula is C15H19N3O. The Morgan fingerprint density at radius 3 is 2.68 bits per heavy atom. The Morgan fingerprint density at radius 2 is 2.05 bits per heavy atom. The number of benzene rings is 1. The van der Waals surface area contributed by atoms with E-state index in [-0.39, 0.29) is 5.78 Å². The number of Topliss-reactive ketones (excluding diaryl/α,β-unsaturated/α-hetero) is 1. The van der Waals surface area contributed by atoms with Crippen molar-refractivity contribution in [3.05, 3.63) is 53.3 Å². The molecule has 0 aliphatic carbocycles. The maximum Gasteiger partial charge on any atom is 0.159 e. The van der Waals surface area contributed by atoms with Crippen molar-refractivity contribution < 1.29 is 4.79 Å². The fraction of sp³-hybridized carbons (Fsp3) is 0.333. The van der Waals surface area contributed by atoms with E-state index in [1.807, 2.05) is 54.9 Å². The van der Waals surface area contributed by atoms with E-state index in [9.17, 15) is 4.79 Å². The topological polar surface area (TPSA) is 60.9 Å². The molecule has 2 N–H and O–H groups in total. The van der Waals surface area contributed by atoms with Gasteiger partial charge in [-0.2, -0.15) is 5.10 Å². The van der Waals surface area contributed by atoms with Crippen molar-refractivity contribution in [2.45, 2.75) is 32.9 Å². The average molecular weight is 257 g/mol. The van der Waals surface area contributed by atoms with Gasteiger partial charge < -0.3 is 5.73 Å². The number of aryl methyl sites for hydroxylation is 2. The van der Waals surface area contributed by atoms with Gasteiger partial charge in [-0.1, -0.05) is 30.3 Å². The summed E-state index contributed by atoms with van der Waals surface area (Å²) in [5, 5.41) is 4.34. The first-order valence-electron chi connectivity index (χ1n) is 6.48. The molecule has 0 spiro atoms. The molecule has 2 rings (SSSR count). The van der Waals surface area contributed by atoms with Crippen LogP contribution in [0.5, 0.6) is 0 Å². The zero-order chi connectivity index (χ0) is 13.8. The van der Waals surface area contributed by atoms with Crippen LogP contribution in [0.4, 0.5) is 0 Å². The standard InChI is InChI=1S/C15H19N3O/c1-3-18-13(9-11(2)17-18)10-14(19)15(16)12-7-5-4-6-8-12/h4-9,15H,3,10,16H2,1-2H3/t15-/m1/s1. The first-order valence-corrected chi connectivity index (χ1v) is 6.48. The van der Waals surface area contributed by atoms with Crippen LogP contribution >= 0.6 is 0 Å². The monoisotopic (exact) mass is 257 g/mol. The molecule has 19 heavy (non-hydrogen) atoms. The quantitative estimate of drug-likeness (QED) is 0.891. The van der Waals surface area contributed by atoms with Gasteiger partial charge in [0.25, 0.3) is 0 Å². The summed E-state index contributed by atoms with van der Waals surface area (Å²) in [7, 11) is 0. The normalized spacial score (nSPS) is 12.4. The molecule has 1 heterocycles. The Morgan fingerprint density at radius 1 is 1.37 bits per heavy atom. The minimum absolute atomic E-state index is 0.0146. The van der Waals surface area contributed by atoms with Gasteiger partial charge in [-0.25, -0.2) is 0 Å². The zero-order valence-corrected chi connectivity index (χ0v) is 11.3. The molecule has 2 aromatic rings. The summed E-state index contributed by atoms with van der Waals surface area (Å²) in [4.78, 5) is 12.2. The van der Waals surface area contributed by atoms with Crippen LogP contribution in [0.25, 0.3) is 0 Å². The number of carbonyl (C=O) groups is 1. The van der Waals surface area contributed by atoms with Crippen LogP contribution in [-0.2, 0) is 17.8 Å². The molecule has 100 valence electrons. The lowest BCUT2D eigenvalue weighted by Gasteiger charge is -2.11. The zero-order valence-electron chi connectivity index (χ0n) is 11.3. The van der Waals surface area contributed by atoms with Crippen molar-refractivity contribution in [1.29, 1.82) is 0 Å². The Bertz CT molecular complexity index is 560. The Hall–Kier alpha value is -1.94. The van der Waals surface area contributed by atoms with Crippen LogP contribution in [0.15, 0.2) is 36.4 Å². The smallest absolute Gasteiger partial charge is 0.159 e. The lowest BCUT2D eigenvalue weighted by Crippen LogP contribution is -2.24. The molecule has 1 aromatic heterocycles. The molecular weight excluding hydrogens is 238 g/mol. The predicted octanol–water partition coefficient (Wildman–Crippen LogP) is 2.02. The molecule has 4 nitrogen and oxygen atoms in total. The van der Waals surface area contributed by atoms with Gasteiger partial charge in [0.1, 0.15) is 0 Å². The molecule has 1 atom stereocenters. The molecule has 0 saturated carbocycles. The van der Waals surface area contributed by atoms with E-state index >= 15 is 0 Å².